The van der Waals surface area contributed by atoms with Crippen molar-refractivity contribution in [2.45, 2.75) is 5.16 Å². The van der Waals surface area contributed by atoms with Gasteiger partial charge in [0.15, 0.2) is 16.1 Å². The molecule has 30 heavy (non-hydrogen) atoms. The highest BCUT2D eigenvalue weighted by Crippen LogP contribution is 2.27. The zero-order chi connectivity index (χ0) is 21.1. The summed E-state index contributed by atoms with van der Waals surface area (Å²) in [4.78, 5) is 16.8. The first-order chi connectivity index (χ1) is 14.5. The summed E-state index contributed by atoms with van der Waals surface area (Å²) in [6.07, 6.45) is 0. The highest BCUT2D eigenvalue weighted by molar-refractivity contribution is 9.10. The first-order valence-electron chi connectivity index (χ1n) is 8.79. The number of hydrogen-bond donors (Lipinski definition) is 1. The summed E-state index contributed by atoms with van der Waals surface area (Å²) in [6.45, 7) is 0. The van der Waals surface area contributed by atoms with Crippen LogP contribution in [0.5, 0.6) is 0 Å². The van der Waals surface area contributed by atoms with E-state index in [0.717, 1.165) is 21.3 Å². The maximum Gasteiger partial charge on any atom is 0.236 e. The van der Waals surface area contributed by atoms with Crippen LogP contribution in [0.1, 0.15) is 0 Å². The lowest BCUT2D eigenvalue weighted by Gasteiger charge is -2.04. The molecular weight excluding hydrogens is 489 g/mol. The summed E-state index contributed by atoms with van der Waals surface area (Å²) >= 11 is 6.06. The number of nitrogens with zero attached hydrogens (tertiary/aromatic N) is 4. The van der Waals surface area contributed by atoms with Crippen molar-refractivity contribution in [3.8, 4) is 22.6 Å². The lowest BCUT2D eigenvalue weighted by Crippen LogP contribution is -2.14. The van der Waals surface area contributed by atoms with E-state index in [9.17, 15) is 9.18 Å². The van der Waals surface area contributed by atoms with Crippen LogP contribution in [0.3, 0.4) is 0 Å². The number of aromatic nitrogens is 4. The fourth-order valence-corrected chi connectivity index (χ4v) is 4.37. The number of anilines is 1. The molecule has 0 aliphatic heterocycles. The number of benzene rings is 2. The number of thioether (sulfide) groups is 1. The first-order valence-corrected chi connectivity index (χ1v) is 11.4. The van der Waals surface area contributed by atoms with Crippen LogP contribution in [-0.4, -0.2) is 31.4 Å². The fourth-order valence-electron chi connectivity index (χ4n) is 2.66. The van der Waals surface area contributed by atoms with Gasteiger partial charge in [0.1, 0.15) is 5.82 Å². The van der Waals surface area contributed by atoms with E-state index < -0.39 is 0 Å². The van der Waals surface area contributed by atoms with E-state index in [2.05, 4.69) is 36.4 Å². The smallest absolute Gasteiger partial charge is 0.236 e. The molecule has 2 aromatic heterocycles. The third-order valence-electron chi connectivity index (χ3n) is 4.16. The van der Waals surface area contributed by atoms with Gasteiger partial charge in [-0.2, -0.15) is 0 Å². The third kappa shape index (κ3) is 4.77. The molecule has 152 valence electrons. The second-order valence-corrected chi connectivity index (χ2v) is 8.97. The Morgan fingerprint density at radius 2 is 1.83 bits per heavy atom. The quantitative estimate of drug-likeness (QED) is 0.364. The predicted octanol–water partition coefficient (Wildman–Crippen LogP) is 5.24. The molecule has 0 saturated heterocycles. The molecule has 0 fully saturated rings. The Morgan fingerprint density at radius 3 is 2.57 bits per heavy atom. The molecule has 2 heterocycles. The lowest BCUT2D eigenvalue weighted by atomic mass is 10.2. The second kappa shape index (κ2) is 9.07. The van der Waals surface area contributed by atoms with E-state index >= 15 is 0 Å². The highest BCUT2D eigenvalue weighted by atomic mass is 79.9. The van der Waals surface area contributed by atoms with Crippen molar-refractivity contribution < 1.29 is 9.18 Å². The molecule has 10 heteroatoms. The topological polar surface area (TPSA) is 72.7 Å². The van der Waals surface area contributed by atoms with E-state index in [4.69, 9.17) is 0 Å². The average molecular weight is 504 g/mol. The van der Waals surface area contributed by atoms with Gasteiger partial charge in [0.2, 0.25) is 5.91 Å². The minimum atomic E-state index is -0.308. The summed E-state index contributed by atoms with van der Waals surface area (Å²) in [5.74, 6) is 0.292. The maximum atomic E-state index is 13.1. The molecule has 1 amide bonds. The average Bonchev–Trinajstić information content (AvgIpc) is 3.34. The molecule has 0 radical (unpaired) electrons. The van der Waals surface area contributed by atoms with Gasteiger partial charge in [-0.3, -0.25) is 4.79 Å². The van der Waals surface area contributed by atoms with Gasteiger partial charge in [-0.1, -0.05) is 39.8 Å². The van der Waals surface area contributed by atoms with Crippen LogP contribution < -0.4 is 5.32 Å². The molecule has 1 N–H and O–H groups in total. The zero-order valence-corrected chi connectivity index (χ0v) is 18.9. The van der Waals surface area contributed by atoms with Crippen LogP contribution in [0.25, 0.3) is 22.6 Å². The summed E-state index contributed by atoms with van der Waals surface area (Å²) in [7, 11) is 1.81. The van der Waals surface area contributed by atoms with Gasteiger partial charge >= 0.3 is 0 Å². The van der Waals surface area contributed by atoms with Crippen LogP contribution in [0, 0.1) is 5.82 Å². The minimum Gasteiger partial charge on any atom is -0.305 e. The van der Waals surface area contributed by atoms with Crippen LogP contribution >= 0.6 is 39.0 Å². The Labute approximate surface area is 188 Å². The van der Waals surface area contributed by atoms with Crippen LogP contribution in [0.4, 0.5) is 9.52 Å². The molecular formula is C20H15BrFN5OS2. The molecule has 0 spiro atoms. The number of carbonyl (C=O) groups excluding carboxylic acids is 1. The van der Waals surface area contributed by atoms with Crippen molar-refractivity contribution in [1.82, 2.24) is 19.7 Å². The van der Waals surface area contributed by atoms with E-state index in [1.165, 1.54) is 35.2 Å². The van der Waals surface area contributed by atoms with Crippen molar-refractivity contribution in [2.24, 2.45) is 7.05 Å². The molecule has 4 aromatic rings. The predicted molar refractivity (Wildman–Crippen MR) is 121 cm³/mol. The molecule has 0 aliphatic carbocycles. The molecule has 4 rings (SSSR count). The van der Waals surface area contributed by atoms with Crippen LogP contribution in [-0.2, 0) is 11.8 Å². The van der Waals surface area contributed by atoms with Crippen LogP contribution in [0.2, 0.25) is 0 Å². The largest absolute Gasteiger partial charge is 0.305 e. The first kappa shape index (κ1) is 20.7. The monoisotopic (exact) mass is 503 g/mol. The van der Waals surface area contributed by atoms with Crippen molar-refractivity contribution in [2.75, 3.05) is 11.1 Å². The van der Waals surface area contributed by atoms with Gasteiger partial charge in [0.25, 0.3) is 0 Å². The summed E-state index contributed by atoms with van der Waals surface area (Å²) in [6, 6.07) is 13.9. The number of nitrogens with one attached hydrogen (secondary N) is 1. The van der Waals surface area contributed by atoms with Crippen LogP contribution in [0.15, 0.2) is 63.5 Å². The Balaban J connectivity index is 1.36. The van der Waals surface area contributed by atoms with Gasteiger partial charge in [-0.25, -0.2) is 9.37 Å². The molecule has 0 atom stereocenters. The Bertz CT molecular complexity index is 1170. The van der Waals surface area contributed by atoms with Gasteiger partial charge in [-0.15, -0.1) is 21.5 Å². The van der Waals surface area contributed by atoms with Crippen molar-refractivity contribution in [3.05, 3.63) is 64.2 Å². The number of halogens is 2. The number of amides is 1. The van der Waals surface area contributed by atoms with E-state index in [-0.39, 0.29) is 17.5 Å². The Morgan fingerprint density at radius 1 is 1.13 bits per heavy atom. The normalized spacial score (nSPS) is 10.9. The van der Waals surface area contributed by atoms with Gasteiger partial charge in [-0.05, 0) is 36.4 Å². The second-order valence-electron chi connectivity index (χ2n) is 6.25. The summed E-state index contributed by atoms with van der Waals surface area (Å²) in [5.41, 5.74) is 2.55. The van der Waals surface area contributed by atoms with Gasteiger partial charge in [0, 0.05) is 28.0 Å². The maximum absolute atomic E-state index is 13.1. The SMILES string of the molecule is Cn1c(SCC(=O)Nc2nc(-c3ccc(Br)cc3)cs2)nnc1-c1ccc(F)cc1. The third-order valence-corrected chi connectivity index (χ3v) is 6.47. The van der Waals surface area contributed by atoms with Crippen molar-refractivity contribution in [3.63, 3.8) is 0 Å². The van der Waals surface area contributed by atoms with Crippen molar-refractivity contribution >= 4 is 50.1 Å². The zero-order valence-electron chi connectivity index (χ0n) is 15.7. The van der Waals surface area contributed by atoms with Gasteiger partial charge < -0.3 is 9.88 Å². The molecule has 0 unspecified atom stereocenters. The number of thiazole rings is 1. The molecule has 0 aliphatic rings. The van der Waals surface area contributed by atoms with E-state index in [0.29, 0.717) is 16.1 Å². The number of carbonyl (C=O) groups is 1. The molecule has 2 aromatic carbocycles. The summed E-state index contributed by atoms with van der Waals surface area (Å²) in [5, 5.41) is 14.1. The standard InChI is InChI=1S/C20H15BrFN5OS2/c1-27-18(13-4-8-15(22)9-5-13)25-26-20(27)30-11-17(28)24-19-23-16(10-29-19)12-2-6-14(21)7-3-12/h2-10H,11H2,1H3,(H,23,24,28). The fraction of sp³-hybridized carbons (Fsp3) is 0.100. The number of rotatable bonds is 6. The van der Waals surface area contributed by atoms with Gasteiger partial charge in [0.05, 0.1) is 11.4 Å². The molecule has 0 bridgehead atoms. The Kier molecular flexibility index (Phi) is 6.26. The van der Waals surface area contributed by atoms with E-state index in [1.54, 1.807) is 16.7 Å². The lowest BCUT2D eigenvalue weighted by molar-refractivity contribution is -0.113. The van der Waals surface area contributed by atoms with Crippen molar-refractivity contribution in [1.29, 1.82) is 0 Å². The minimum absolute atomic E-state index is 0.169. The molecule has 0 saturated carbocycles. The number of hydrogen-bond acceptors (Lipinski definition) is 6. The Hall–Kier alpha value is -2.56. The molecule has 6 nitrogen and oxygen atoms in total. The summed E-state index contributed by atoms with van der Waals surface area (Å²) < 4.78 is 15.9. The highest BCUT2D eigenvalue weighted by Gasteiger charge is 2.14. The van der Waals surface area contributed by atoms with E-state index in [1.807, 2.05) is 36.7 Å².